The Balaban J connectivity index is 1.90. The van der Waals surface area contributed by atoms with Crippen molar-refractivity contribution in [3.8, 4) is 5.75 Å². The summed E-state index contributed by atoms with van der Waals surface area (Å²) in [7, 11) is 1.57. The van der Waals surface area contributed by atoms with E-state index in [4.69, 9.17) is 9.47 Å². The van der Waals surface area contributed by atoms with Crippen LogP contribution in [0.1, 0.15) is 15.9 Å². The number of nitrogens with one attached hydrogen (secondary N) is 1. The smallest absolute Gasteiger partial charge is 0.259 e. The third-order valence-corrected chi connectivity index (χ3v) is 4.65. The molecule has 3 rings (SSSR count). The maximum atomic E-state index is 12.8. The average Bonchev–Trinajstić information content (AvgIpc) is 2.62. The van der Waals surface area contributed by atoms with Crippen molar-refractivity contribution < 1.29 is 14.3 Å². The van der Waals surface area contributed by atoms with Crippen molar-refractivity contribution in [2.24, 2.45) is 0 Å². The van der Waals surface area contributed by atoms with E-state index in [0.29, 0.717) is 24.5 Å². The number of nitrogens with zero attached hydrogens (tertiary/aromatic N) is 1. The van der Waals surface area contributed by atoms with Crippen LogP contribution in [0, 0.1) is 6.92 Å². The van der Waals surface area contributed by atoms with E-state index in [9.17, 15) is 4.79 Å². The maximum Gasteiger partial charge on any atom is 0.259 e. The Labute approximate surface area is 156 Å². The Morgan fingerprint density at radius 1 is 1.20 bits per heavy atom. The molecule has 5 nitrogen and oxygen atoms in total. The quantitative estimate of drug-likeness (QED) is 0.840. The lowest BCUT2D eigenvalue weighted by atomic mass is 10.1. The van der Waals surface area contributed by atoms with Crippen molar-refractivity contribution >= 4 is 33.2 Å². The molecule has 1 saturated heterocycles. The van der Waals surface area contributed by atoms with E-state index in [1.807, 2.05) is 43.3 Å². The average molecular weight is 405 g/mol. The van der Waals surface area contributed by atoms with Gasteiger partial charge in [0.25, 0.3) is 5.91 Å². The molecule has 1 aliphatic rings. The summed E-state index contributed by atoms with van der Waals surface area (Å²) in [5, 5.41) is 3.04. The topological polar surface area (TPSA) is 50.8 Å². The van der Waals surface area contributed by atoms with Crippen LogP contribution in [-0.4, -0.2) is 39.3 Å². The molecular weight excluding hydrogens is 384 g/mol. The molecule has 0 unspecified atom stereocenters. The summed E-state index contributed by atoms with van der Waals surface area (Å²) in [4.78, 5) is 15.1. The Morgan fingerprint density at radius 3 is 2.68 bits per heavy atom. The number of hydrogen-bond donors (Lipinski definition) is 1. The fraction of sp³-hybridized carbons (Fsp3) is 0.316. The second-order valence-corrected chi connectivity index (χ2v) is 6.83. The van der Waals surface area contributed by atoms with E-state index in [2.05, 4.69) is 26.1 Å². The molecule has 0 saturated carbocycles. The minimum atomic E-state index is -0.187. The number of hydrogen-bond acceptors (Lipinski definition) is 4. The molecule has 132 valence electrons. The summed E-state index contributed by atoms with van der Waals surface area (Å²) in [5.74, 6) is 0.374. The molecule has 1 N–H and O–H groups in total. The van der Waals surface area contributed by atoms with Gasteiger partial charge in [-0.25, -0.2) is 0 Å². The third kappa shape index (κ3) is 4.14. The zero-order chi connectivity index (χ0) is 17.8. The van der Waals surface area contributed by atoms with Gasteiger partial charge in [-0.05, 0) is 37.3 Å². The summed E-state index contributed by atoms with van der Waals surface area (Å²) in [6.07, 6.45) is 0. The first-order chi connectivity index (χ1) is 12.1. The van der Waals surface area contributed by atoms with E-state index in [1.54, 1.807) is 7.11 Å². The minimum absolute atomic E-state index is 0.187. The molecule has 1 aliphatic heterocycles. The number of carbonyl (C=O) groups excluding carboxylic acids is 1. The number of methoxy groups -OCH3 is 1. The van der Waals surface area contributed by atoms with Crippen molar-refractivity contribution in [1.29, 1.82) is 0 Å². The maximum absolute atomic E-state index is 12.8. The normalized spacial score (nSPS) is 14.3. The van der Waals surface area contributed by atoms with Crippen LogP contribution >= 0.6 is 15.9 Å². The molecule has 0 aliphatic carbocycles. The van der Waals surface area contributed by atoms with Crippen molar-refractivity contribution in [2.75, 3.05) is 43.6 Å². The lowest BCUT2D eigenvalue weighted by molar-refractivity contribution is 0.102. The molecule has 1 heterocycles. The van der Waals surface area contributed by atoms with Gasteiger partial charge in [-0.15, -0.1) is 0 Å². The van der Waals surface area contributed by atoms with Gasteiger partial charge in [0.15, 0.2) is 0 Å². The highest BCUT2D eigenvalue weighted by Crippen LogP contribution is 2.31. The SMILES string of the molecule is COc1ccc(C)cc1C(=O)Nc1cc(Br)ccc1N1CCOCC1. The Bertz CT molecular complexity index is 773. The highest BCUT2D eigenvalue weighted by molar-refractivity contribution is 9.10. The summed E-state index contributed by atoms with van der Waals surface area (Å²) in [6.45, 7) is 4.94. The molecule has 0 aromatic heterocycles. The summed E-state index contributed by atoms with van der Waals surface area (Å²) in [6, 6.07) is 11.5. The molecule has 2 aromatic rings. The Kier molecular flexibility index (Phi) is 5.60. The molecule has 0 bridgehead atoms. The van der Waals surface area contributed by atoms with Gasteiger partial charge in [-0.1, -0.05) is 27.6 Å². The number of anilines is 2. The first kappa shape index (κ1) is 17.8. The minimum Gasteiger partial charge on any atom is -0.496 e. The predicted octanol–water partition coefficient (Wildman–Crippen LogP) is 3.86. The second kappa shape index (κ2) is 7.89. The molecule has 6 heteroatoms. The van der Waals surface area contributed by atoms with Crippen LogP contribution in [-0.2, 0) is 4.74 Å². The van der Waals surface area contributed by atoms with Gasteiger partial charge in [0.2, 0.25) is 0 Å². The molecule has 2 aromatic carbocycles. The highest BCUT2D eigenvalue weighted by atomic mass is 79.9. The number of amides is 1. The van der Waals surface area contributed by atoms with Gasteiger partial charge < -0.3 is 19.7 Å². The van der Waals surface area contributed by atoms with Gasteiger partial charge in [0.05, 0.1) is 37.3 Å². The molecule has 1 amide bonds. The number of carbonyl (C=O) groups is 1. The van der Waals surface area contributed by atoms with Crippen LogP contribution < -0.4 is 15.0 Å². The van der Waals surface area contributed by atoms with E-state index in [-0.39, 0.29) is 5.91 Å². The van der Waals surface area contributed by atoms with Crippen LogP contribution in [0.5, 0.6) is 5.75 Å². The van der Waals surface area contributed by atoms with Crippen LogP contribution in [0.25, 0.3) is 0 Å². The van der Waals surface area contributed by atoms with E-state index in [1.165, 1.54) is 0 Å². The summed E-state index contributed by atoms with van der Waals surface area (Å²) in [5.41, 5.74) is 3.29. The zero-order valence-corrected chi connectivity index (χ0v) is 15.9. The fourth-order valence-electron chi connectivity index (χ4n) is 2.88. The van der Waals surface area contributed by atoms with E-state index >= 15 is 0 Å². The van der Waals surface area contributed by atoms with Gasteiger partial charge in [-0.2, -0.15) is 0 Å². The lowest BCUT2D eigenvalue weighted by Crippen LogP contribution is -2.36. The number of rotatable bonds is 4. The van der Waals surface area contributed by atoms with Crippen LogP contribution in [0.4, 0.5) is 11.4 Å². The predicted molar refractivity (Wildman–Crippen MR) is 103 cm³/mol. The number of morpholine rings is 1. The number of benzene rings is 2. The summed E-state index contributed by atoms with van der Waals surface area (Å²) < 4.78 is 11.7. The van der Waals surface area contributed by atoms with Gasteiger partial charge in [0.1, 0.15) is 5.75 Å². The Hall–Kier alpha value is -2.05. The lowest BCUT2D eigenvalue weighted by Gasteiger charge is -2.30. The molecule has 0 spiro atoms. The van der Waals surface area contributed by atoms with Crippen molar-refractivity contribution in [1.82, 2.24) is 0 Å². The van der Waals surface area contributed by atoms with E-state index < -0.39 is 0 Å². The fourth-order valence-corrected chi connectivity index (χ4v) is 3.24. The number of ether oxygens (including phenoxy) is 2. The molecule has 25 heavy (non-hydrogen) atoms. The molecule has 1 fully saturated rings. The monoisotopic (exact) mass is 404 g/mol. The van der Waals surface area contributed by atoms with Crippen molar-refractivity contribution in [2.45, 2.75) is 6.92 Å². The van der Waals surface area contributed by atoms with Crippen LogP contribution in [0.2, 0.25) is 0 Å². The van der Waals surface area contributed by atoms with Crippen molar-refractivity contribution in [3.05, 3.63) is 52.0 Å². The van der Waals surface area contributed by atoms with Crippen LogP contribution in [0.15, 0.2) is 40.9 Å². The standard InChI is InChI=1S/C19H21BrN2O3/c1-13-3-6-18(24-2)15(11-13)19(23)21-16-12-14(20)4-5-17(16)22-7-9-25-10-8-22/h3-6,11-12H,7-10H2,1-2H3,(H,21,23). The first-order valence-electron chi connectivity index (χ1n) is 8.16. The first-order valence-corrected chi connectivity index (χ1v) is 8.96. The molecule has 0 radical (unpaired) electrons. The third-order valence-electron chi connectivity index (χ3n) is 4.16. The zero-order valence-electron chi connectivity index (χ0n) is 14.3. The van der Waals surface area contributed by atoms with Gasteiger partial charge in [0, 0.05) is 17.6 Å². The van der Waals surface area contributed by atoms with Gasteiger partial charge >= 0.3 is 0 Å². The number of halogens is 1. The molecule has 0 atom stereocenters. The van der Waals surface area contributed by atoms with Gasteiger partial charge in [-0.3, -0.25) is 4.79 Å². The molecular formula is C19H21BrN2O3. The van der Waals surface area contributed by atoms with Crippen LogP contribution in [0.3, 0.4) is 0 Å². The summed E-state index contributed by atoms with van der Waals surface area (Å²) >= 11 is 3.49. The highest BCUT2D eigenvalue weighted by Gasteiger charge is 2.18. The van der Waals surface area contributed by atoms with Crippen molar-refractivity contribution in [3.63, 3.8) is 0 Å². The van der Waals surface area contributed by atoms with E-state index in [0.717, 1.165) is 34.5 Å². The Morgan fingerprint density at radius 2 is 1.96 bits per heavy atom. The second-order valence-electron chi connectivity index (χ2n) is 5.92. The number of aryl methyl sites for hydroxylation is 1. The largest absolute Gasteiger partial charge is 0.496 e.